The number of carbonyl (C=O) groups is 1. The van der Waals surface area contributed by atoms with E-state index in [0.717, 1.165) is 21.1 Å². The minimum atomic E-state index is 0.0709. The Bertz CT molecular complexity index is 379. The van der Waals surface area contributed by atoms with Crippen molar-refractivity contribution in [3.05, 3.63) is 32.9 Å². The van der Waals surface area contributed by atoms with Crippen molar-refractivity contribution in [2.75, 3.05) is 20.1 Å². The quantitative estimate of drug-likeness (QED) is 0.858. The summed E-state index contributed by atoms with van der Waals surface area (Å²) >= 11 is 2.22. The van der Waals surface area contributed by atoms with Gasteiger partial charge in [0.1, 0.15) is 0 Å². The fourth-order valence-electron chi connectivity index (χ4n) is 1.45. The second-order valence-corrected chi connectivity index (χ2v) is 4.88. The van der Waals surface area contributed by atoms with E-state index in [1.54, 1.807) is 4.90 Å². The van der Waals surface area contributed by atoms with E-state index in [0.29, 0.717) is 13.1 Å². The van der Waals surface area contributed by atoms with Gasteiger partial charge < -0.3 is 10.6 Å². The van der Waals surface area contributed by atoms with Gasteiger partial charge in [-0.3, -0.25) is 4.79 Å². The molecule has 0 unspecified atom stereocenters. The van der Waals surface area contributed by atoms with Gasteiger partial charge in [0.2, 0.25) is 0 Å². The lowest BCUT2D eigenvalue weighted by Gasteiger charge is -2.18. The van der Waals surface area contributed by atoms with Crippen molar-refractivity contribution in [1.29, 1.82) is 0 Å². The number of rotatable bonds is 4. The third-order valence-electron chi connectivity index (χ3n) is 2.47. The van der Waals surface area contributed by atoms with Crippen LogP contribution in [0.1, 0.15) is 22.3 Å². The van der Waals surface area contributed by atoms with Gasteiger partial charge >= 0.3 is 0 Å². The number of hydrogen-bond donors (Lipinski definition) is 1. The molecule has 0 bridgehead atoms. The molecule has 0 fully saturated rings. The Hall–Kier alpha value is -0.620. The Balaban J connectivity index is 2.84. The molecule has 88 valence electrons. The molecule has 2 N–H and O–H groups in total. The van der Waals surface area contributed by atoms with Crippen LogP contribution >= 0.6 is 22.6 Å². The van der Waals surface area contributed by atoms with Crippen molar-refractivity contribution in [3.8, 4) is 0 Å². The van der Waals surface area contributed by atoms with Crippen LogP contribution in [0.25, 0.3) is 0 Å². The molecule has 0 saturated carbocycles. The van der Waals surface area contributed by atoms with Gasteiger partial charge in [-0.2, -0.15) is 0 Å². The summed E-state index contributed by atoms with van der Waals surface area (Å²) in [6.45, 7) is 3.33. The number of amides is 1. The predicted molar refractivity (Wildman–Crippen MR) is 74.5 cm³/mol. The van der Waals surface area contributed by atoms with Gasteiger partial charge in [0, 0.05) is 17.2 Å². The van der Waals surface area contributed by atoms with Crippen LogP contribution in [0.2, 0.25) is 0 Å². The fourth-order valence-corrected chi connectivity index (χ4v) is 2.04. The number of aryl methyl sites for hydroxylation is 1. The molecule has 0 saturated heterocycles. The van der Waals surface area contributed by atoms with E-state index in [1.165, 1.54) is 0 Å². The molecule has 0 aliphatic rings. The highest BCUT2D eigenvalue weighted by atomic mass is 127. The summed E-state index contributed by atoms with van der Waals surface area (Å²) in [5, 5.41) is 0. The van der Waals surface area contributed by atoms with Crippen LogP contribution in [0.3, 0.4) is 0 Å². The van der Waals surface area contributed by atoms with Crippen LogP contribution in [0, 0.1) is 10.5 Å². The van der Waals surface area contributed by atoms with Gasteiger partial charge in [-0.15, -0.1) is 0 Å². The van der Waals surface area contributed by atoms with Crippen LogP contribution in [0.5, 0.6) is 0 Å². The van der Waals surface area contributed by atoms with Crippen molar-refractivity contribution in [3.63, 3.8) is 0 Å². The lowest BCUT2D eigenvalue weighted by Crippen LogP contribution is -2.29. The molecule has 16 heavy (non-hydrogen) atoms. The summed E-state index contributed by atoms with van der Waals surface area (Å²) in [7, 11) is 1.82. The number of nitrogens with two attached hydrogens (primary N) is 1. The number of benzene rings is 1. The summed E-state index contributed by atoms with van der Waals surface area (Å²) in [5.74, 6) is 0.0709. The molecule has 1 aromatic rings. The van der Waals surface area contributed by atoms with Gasteiger partial charge in [-0.1, -0.05) is 12.1 Å². The van der Waals surface area contributed by atoms with E-state index in [2.05, 4.69) is 22.6 Å². The number of carbonyl (C=O) groups excluding carboxylic acids is 1. The smallest absolute Gasteiger partial charge is 0.254 e. The molecule has 0 radical (unpaired) electrons. The molecule has 1 aromatic carbocycles. The Morgan fingerprint density at radius 2 is 2.19 bits per heavy atom. The SMILES string of the molecule is Cc1cccc(C(=O)N(C)CCCN)c1I. The molecule has 0 aliphatic carbocycles. The van der Waals surface area contributed by atoms with Gasteiger partial charge in [-0.25, -0.2) is 0 Å². The number of nitrogens with zero attached hydrogens (tertiary/aromatic N) is 1. The van der Waals surface area contributed by atoms with E-state index < -0.39 is 0 Å². The minimum Gasteiger partial charge on any atom is -0.342 e. The van der Waals surface area contributed by atoms with Gasteiger partial charge in [0.05, 0.1) is 5.56 Å². The largest absolute Gasteiger partial charge is 0.342 e. The lowest BCUT2D eigenvalue weighted by molar-refractivity contribution is 0.0793. The summed E-state index contributed by atoms with van der Waals surface area (Å²) in [6.07, 6.45) is 0.838. The predicted octanol–water partition coefficient (Wildman–Crippen LogP) is 2.02. The maximum Gasteiger partial charge on any atom is 0.254 e. The van der Waals surface area contributed by atoms with Crippen LogP contribution < -0.4 is 5.73 Å². The molecule has 0 spiro atoms. The highest BCUT2D eigenvalue weighted by molar-refractivity contribution is 14.1. The van der Waals surface area contributed by atoms with Crippen molar-refractivity contribution < 1.29 is 4.79 Å². The first-order chi connectivity index (χ1) is 7.57. The molecule has 0 aromatic heterocycles. The standard InChI is InChI=1S/C12H17IN2O/c1-9-5-3-6-10(11(9)13)12(16)15(2)8-4-7-14/h3,5-6H,4,7-8,14H2,1-2H3. The lowest BCUT2D eigenvalue weighted by atomic mass is 10.1. The average Bonchev–Trinajstić information content (AvgIpc) is 2.28. The average molecular weight is 332 g/mol. The molecule has 1 amide bonds. The van der Waals surface area contributed by atoms with Crippen LogP contribution in [-0.2, 0) is 0 Å². The van der Waals surface area contributed by atoms with E-state index in [4.69, 9.17) is 5.73 Å². The number of hydrogen-bond acceptors (Lipinski definition) is 2. The molecule has 3 nitrogen and oxygen atoms in total. The highest BCUT2D eigenvalue weighted by Crippen LogP contribution is 2.18. The van der Waals surface area contributed by atoms with Gasteiger partial charge in [0.25, 0.3) is 5.91 Å². The highest BCUT2D eigenvalue weighted by Gasteiger charge is 2.14. The molecular formula is C12H17IN2O. The first kappa shape index (κ1) is 13.4. The second kappa shape index (κ2) is 6.20. The minimum absolute atomic E-state index is 0.0709. The first-order valence-corrected chi connectivity index (χ1v) is 6.36. The zero-order valence-electron chi connectivity index (χ0n) is 9.66. The third-order valence-corrected chi connectivity index (χ3v) is 3.90. The van der Waals surface area contributed by atoms with E-state index in [-0.39, 0.29) is 5.91 Å². The fraction of sp³-hybridized carbons (Fsp3) is 0.417. The van der Waals surface area contributed by atoms with Crippen molar-refractivity contribution in [1.82, 2.24) is 4.90 Å². The summed E-state index contributed by atoms with van der Waals surface area (Å²) in [5.41, 5.74) is 7.35. The molecule has 4 heteroatoms. The number of halogens is 1. The van der Waals surface area contributed by atoms with Crippen molar-refractivity contribution in [2.45, 2.75) is 13.3 Å². The summed E-state index contributed by atoms with van der Waals surface area (Å²) < 4.78 is 1.03. The zero-order chi connectivity index (χ0) is 12.1. The van der Waals surface area contributed by atoms with E-state index >= 15 is 0 Å². The van der Waals surface area contributed by atoms with Gasteiger partial charge in [0.15, 0.2) is 0 Å². The van der Waals surface area contributed by atoms with Crippen LogP contribution in [0.15, 0.2) is 18.2 Å². The van der Waals surface area contributed by atoms with Crippen LogP contribution in [-0.4, -0.2) is 30.9 Å². The Labute approximate surface area is 110 Å². The molecule has 0 atom stereocenters. The Kier molecular flexibility index (Phi) is 5.21. The van der Waals surface area contributed by atoms with Crippen molar-refractivity contribution >= 4 is 28.5 Å². The second-order valence-electron chi connectivity index (χ2n) is 3.81. The van der Waals surface area contributed by atoms with E-state index in [1.807, 2.05) is 32.2 Å². The first-order valence-electron chi connectivity index (χ1n) is 5.28. The topological polar surface area (TPSA) is 46.3 Å². The molecule has 0 heterocycles. The normalized spacial score (nSPS) is 10.2. The summed E-state index contributed by atoms with van der Waals surface area (Å²) in [6, 6.07) is 5.80. The Morgan fingerprint density at radius 1 is 1.50 bits per heavy atom. The van der Waals surface area contributed by atoms with Crippen LogP contribution in [0.4, 0.5) is 0 Å². The monoisotopic (exact) mass is 332 g/mol. The van der Waals surface area contributed by atoms with E-state index in [9.17, 15) is 4.79 Å². The van der Waals surface area contributed by atoms with Crippen molar-refractivity contribution in [2.24, 2.45) is 5.73 Å². The molecule has 1 rings (SSSR count). The van der Waals surface area contributed by atoms with Gasteiger partial charge in [-0.05, 0) is 54.1 Å². The maximum absolute atomic E-state index is 12.1. The maximum atomic E-state index is 12.1. The Morgan fingerprint density at radius 3 is 2.81 bits per heavy atom. The third kappa shape index (κ3) is 3.18. The summed E-state index contributed by atoms with van der Waals surface area (Å²) in [4.78, 5) is 13.8. The zero-order valence-corrected chi connectivity index (χ0v) is 11.8. The molecule has 0 aliphatic heterocycles. The molecular weight excluding hydrogens is 315 g/mol.